The zero-order chi connectivity index (χ0) is 15.2. The fourth-order valence-electron chi connectivity index (χ4n) is 2.85. The molecule has 1 saturated heterocycles. The van der Waals surface area contributed by atoms with E-state index in [-0.39, 0.29) is 18.1 Å². The fraction of sp³-hybridized carbons (Fsp3) is 0.588. The molecular formula is C17H26N2O2. The Bertz CT molecular complexity index is 447. The number of unbranched alkanes of at least 4 members (excludes halogenated alkanes) is 1. The summed E-state index contributed by atoms with van der Waals surface area (Å²) in [5, 5.41) is 3.49. The average molecular weight is 290 g/mol. The number of carbonyl (C=O) groups is 1. The van der Waals surface area contributed by atoms with Crippen LogP contribution in [0.4, 0.5) is 0 Å². The maximum Gasteiger partial charge on any atom is 0.245 e. The molecule has 1 fully saturated rings. The van der Waals surface area contributed by atoms with Crippen molar-refractivity contribution in [3.63, 3.8) is 0 Å². The van der Waals surface area contributed by atoms with Crippen molar-refractivity contribution in [1.29, 1.82) is 0 Å². The van der Waals surface area contributed by atoms with E-state index in [9.17, 15) is 4.79 Å². The Morgan fingerprint density at radius 2 is 1.95 bits per heavy atom. The van der Waals surface area contributed by atoms with Crippen molar-refractivity contribution in [2.24, 2.45) is 5.92 Å². The SMILES string of the molecule is COCCCCN1C(=O)C(c2ccccc2)NC1C(C)C. The molecule has 2 unspecified atom stereocenters. The van der Waals surface area contributed by atoms with E-state index >= 15 is 0 Å². The van der Waals surface area contributed by atoms with Crippen molar-refractivity contribution in [2.75, 3.05) is 20.3 Å². The highest BCUT2D eigenvalue weighted by Gasteiger charge is 2.40. The lowest BCUT2D eigenvalue weighted by Gasteiger charge is -2.27. The largest absolute Gasteiger partial charge is 0.385 e. The molecule has 0 spiro atoms. The van der Waals surface area contributed by atoms with Gasteiger partial charge in [-0.3, -0.25) is 10.1 Å². The number of hydrogen-bond donors (Lipinski definition) is 1. The number of nitrogens with zero attached hydrogens (tertiary/aromatic N) is 1. The van der Waals surface area contributed by atoms with Crippen molar-refractivity contribution in [1.82, 2.24) is 10.2 Å². The first-order chi connectivity index (χ1) is 10.1. The minimum atomic E-state index is -0.207. The molecule has 1 heterocycles. The van der Waals surface area contributed by atoms with Gasteiger partial charge in [0, 0.05) is 20.3 Å². The van der Waals surface area contributed by atoms with E-state index in [0.29, 0.717) is 5.92 Å². The fourth-order valence-corrected chi connectivity index (χ4v) is 2.85. The Morgan fingerprint density at radius 3 is 2.57 bits per heavy atom. The maximum absolute atomic E-state index is 12.7. The highest BCUT2D eigenvalue weighted by molar-refractivity contribution is 5.85. The van der Waals surface area contributed by atoms with Crippen LogP contribution in [0, 0.1) is 5.92 Å². The van der Waals surface area contributed by atoms with Gasteiger partial charge in [0.15, 0.2) is 0 Å². The lowest BCUT2D eigenvalue weighted by Crippen LogP contribution is -2.41. The molecule has 0 saturated carbocycles. The number of rotatable bonds is 7. The van der Waals surface area contributed by atoms with Gasteiger partial charge in [0.1, 0.15) is 6.04 Å². The van der Waals surface area contributed by atoms with Gasteiger partial charge in [-0.25, -0.2) is 0 Å². The third-order valence-corrected chi connectivity index (χ3v) is 3.97. The number of nitrogens with one attached hydrogen (secondary N) is 1. The number of methoxy groups -OCH3 is 1. The summed E-state index contributed by atoms with van der Waals surface area (Å²) in [5.41, 5.74) is 1.05. The van der Waals surface area contributed by atoms with Crippen molar-refractivity contribution in [3.8, 4) is 0 Å². The molecule has 2 atom stereocenters. The van der Waals surface area contributed by atoms with Crippen LogP contribution in [0.1, 0.15) is 38.3 Å². The quantitative estimate of drug-likeness (QED) is 0.785. The van der Waals surface area contributed by atoms with Gasteiger partial charge in [-0.1, -0.05) is 44.2 Å². The monoisotopic (exact) mass is 290 g/mol. The van der Waals surface area contributed by atoms with Crippen LogP contribution in [-0.4, -0.2) is 37.2 Å². The number of amides is 1. The van der Waals surface area contributed by atoms with Gasteiger partial charge in [-0.2, -0.15) is 0 Å². The summed E-state index contributed by atoms with van der Waals surface area (Å²) in [5.74, 6) is 0.586. The van der Waals surface area contributed by atoms with Gasteiger partial charge >= 0.3 is 0 Å². The minimum Gasteiger partial charge on any atom is -0.385 e. The lowest BCUT2D eigenvalue weighted by molar-refractivity contribution is -0.130. The van der Waals surface area contributed by atoms with E-state index in [2.05, 4.69) is 19.2 Å². The van der Waals surface area contributed by atoms with E-state index in [0.717, 1.165) is 31.6 Å². The van der Waals surface area contributed by atoms with E-state index in [1.807, 2.05) is 35.2 Å². The predicted octanol–water partition coefficient (Wildman–Crippen LogP) is 2.57. The first-order valence-electron chi connectivity index (χ1n) is 7.75. The Labute approximate surface area is 127 Å². The number of benzene rings is 1. The minimum absolute atomic E-state index is 0.116. The summed E-state index contributed by atoms with van der Waals surface area (Å²) in [7, 11) is 1.71. The summed E-state index contributed by atoms with van der Waals surface area (Å²) in [6, 6.07) is 9.76. The first-order valence-corrected chi connectivity index (χ1v) is 7.75. The second kappa shape index (κ2) is 7.57. The molecule has 0 bridgehead atoms. The van der Waals surface area contributed by atoms with Crippen LogP contribution in [-0.2, 0) is 9.53 Å². The smallest absolute Gasteiger partial charge is 0.245 e. The van der Waals surface area contributed by atoms with Gasteiger partial charge in [0.2, 0.25) is 5.91 Å². The molecule has 21 heavy (non-hydrogen) atoms. The summed E-state index contributed by atoms with van der Waals surface area (Å²) in [6.45, 7) is 5.85. The van der Waals surface area contributed by atoms with Crippen molar-refractivity contribution < 1.29 is 9.53 Å². The molecule has 1 aromatic rings. The Kier molecular flexibility index (Phi) is 5.76. The van der Waals surface area contributed by atoms with Gasteiger partial charge in [0.25, 0.3) is 0 Å². The topological polar surface area (TPSA) is 41.6 Å². The van der Waals surface area contributed by atoms with E-state index in [1.165, 1.54) is 0 Å². The molecule has 4 nitrogen and oxygen atoms in total. The van der Waals surface area contributed by atoms with E-state index in [1.54, 1.807) is 7.11 Å². The molecule has 0 radical (unpaired) electrons. The van der Waals surface area contributed by atoms with Gasteiger partial charge < -0.3 is 9.64 Å². The van der Waals surface area contributed by atoms with E-state index in [4.69, 9.17) is 4.74 Å². The Balaban J connectivity index is 2.06. The van der Waals surface area contributed by atoms with Crippen LogP contribution in [0.2, 0.25) is 0 Å². The normalized spacial score (nSPS) is 22.3. The molecule has 116 valence electrons. The lowest BCUT2D eigenvalue weighted by atomic mass is 10.1. The highest BCUT2D eigenvalue weighted by Crippen LogP contribution is 2.27. The molecule has 0 aromatic heterocycles. The van der Waals surface area contributed by atoms with Crippen LogP contribution in [0.3, 0.4) is 0 Å². The average Bonchev–Trinajstić information content (AvgIpc) is 2.82. The second-order valence-corrected chi connectivity index (χ2v) is 5.93. The predicted molar refractivity (Wildman–Crippen MR) is 83.8 cm³/mol. The zero-order valence-corrected chi connectivity index (χ0v) is 13.2. The number of hydrogen-bond acceptors (Lipinski definition) is 3. The van der Waals surface area contributed by atoms with Crippen molar-refractivity contribution >= 4 is 5.91 Å². The summed E-state index contributed by atoms with van der Waals surface area (Å²) in [6.07, 6.45) is 2.08. The van der Waals surface area contributed by atoms with Crippen LogP contribution < -0.4 is 5.32 Å². The van der Waals surface area contributed by atoms with Gasteiger partial charge in [-0.05, 0) is 24.3 Å². The van der Waals surface area contributed by atoms with Crippen LogP contribution in [0.5, 0.6) is 0 Å². The summed E-state index contributed by atoms with van der Waals surface area (Å²) in [4.78, 5) is 14.7. The van der Waals surface area contributed by atoms with Crippen molar-refractivity contribution in [2.45, 2.75) is 38.9 Å². The molecule has 1 aromatic carbocycles. The molecular weight excluding hydrogens is 264 g/mol. The molecule has 2 rings (SSSR count). The molecule has 4 heteroatoms. The molecule has 0 aliphatic carbocycles. The molecule has 1 amide bonds. The zero-order valence-electron chi connectivity index (χ0n) is 13.2. The molecule has 1 N–H and O–H groups in total. The Morgan fingerprint density at radius 1 is 1.24 bits per heavy atom. The maximum atomic E-state index is 12.7. The van der Waals surface area contributed by atoms with Crippen LogP contribution in [0.25, 0.3) is 0 Å². The van der Waals surface area contributed by atoms with E-state index < -0.39 is 0 Å². The third kappa shape index (κ3) is 3.83. The summed E-state index contributed by atoms with van der Waals surface area (Å²) >= 11 is 0. The van der Waals surface area contributed by atoms with Gasteiger partial charge in [0.05, 0.1) is 6.17 Å². The number of carbonyl (C=O) groups excluding carboxylic acids is 1. The van der Waals surface area contributed by atoms with Crippen LogP contribution in [0.15, 0.2) is 30.3 Å². The standard InChI is InChI=1S/C17H26N2O2/c1-13(2)16-18-15(14-9-5-4-6-10-14)17(20)19(16)11-7-8-12-21-3/h4-6,9-10,13,15-16,18H,7-8,11-12H2,1-3H3. The molecule has 1 aliphatic rings. The van der Waals surface area contributed by atoms with Crippen molar-refractivity contribution in [3.05, 3.63) is 35.9 Å². The third-order valence-electron chi connectivity index (χ3n) is 3.97. The molecule has 1 aliphatic heterocycles. The second-order valence-electron chi connectivity index (χ2n) is 5.93. The Hall–Kier alpha value is -1.39. The highest BCUT2D eigenvalue weighted by atomic mass is 16.5. The first kappa shape index (κ1) is 16.0. The summed E-state index contributed by atoms with van der Waals surface area (Å²) < 4.78 is 5.08. The van der Waals surface area contributed by atoms with Crippen LogP contribution >= 0.6 is 0 Å². The number of ether oxygens (including phenoxy) is 1. The van der Waals surface area contributed by atoms with Gasteiger partial charge in [-0.15, -0.1) is 0 Å².